The van der Waals surface area contributed by atoms with Crippen LogP contribution in [0.3, 0.4) is 0 Å². The molecule has 1 saturated heterocycles. The topological polar surface area (TPSA) is 70.7 Å². The van der Waals surface area contributed by atoms with Crippen molar-refractivity contribution >= 4 is 11.8 Å². The molecule has 1 unspecified atom stereocenters. The maximum Gasteiger partial charge on any atom is 0.239 e. The van der Waals surface area contributed by atoms with Gasteiger partial charge in [-0.15, -0.1) is 0 Å². The lowest BCUT2D eigenvalue weighted by Crippen LogP contribution is -2.45. The molecule has 2 amide bonds. The molecule has 2 aromatic rings. The number of nitrogens with zero attached hydrogens (tertiary/aromatic N) is 1. The van der Waals surface area contributed by atoms with Crippen LogP contribution in [0.2, 0.25) is 0 Å². The summed E-state index contributed by atoms with van der Waals surface area (Å²) in [6.45, 7) is 2.77. The van der Waals surface area contributed by atoms with Gasteiger partial charge in [0.25, 0.3) is 0 Å². The summed E-state index contributed by atoms with van der Waals surface area (Å²) in [5.74, 6) is -1.42. The molecule has 1 fully saturated rings. The van der Waals surface area contributed by atoms with Crippen LogP contribution < -0.4 is 10.6 Å². The number of hydrogen-bond acceptors (Lipinski definition) is 4. The monoisotopic (exact) mass is 417 g/mol. The lowest BCUT2D eigenvalue weighted by atomic mass is 10.0. The van der Waals surface area contributed by atoms with E-state index in [0.717, 1.165) is 5.56 Å². The van der Waals surface area contributed by atoms with Gasteiger partial charge in [0, 0.05) is 19.6 Å². The molecule has 1 atom stereocenters. The van der Waals surface area contributed by atoms with Gasteiger partial charge in [-0.1, -0.05) is 24.3 Å². The Kier molecular flexibility index (Phi) is 7.87. The number of morpholine rings is 1. The molecule has 6 nitrogen and oxygen atoms in total. The normalized spacial score (nSPS) is 15.4. The standard InChI is InChI=1S/C22H25F2N3O3/c23-18-6-4-17(5-7-18)20(27-8-10-30-11-9-27)14-25-22(29)15-26-21(28)13-16-2-1-3-19(24)12-16/h1-7,12,20H,8-11,13-15H2,(H,25,29)(H,26,28). The van der Waals surface area contributed by atoms with Crippen LogP contribution in [0.4, 0.5) is 8.78 Å². The van der Waals surface area contributed by atoms with E-state index in [1.165, 1.54) is 30.3 Å². The fourth-order valence-electron chi connectivity index (χ4n) is 3.38. The number of nitrogens with one attached hydrogen (secondary N) is 2. The largest absolute Gasteiger partial charge is 0.379 e. The highest BCUT2D eigenvalue weighted by molar-refractivity contribution is 5.85. The molecule has 1 aliphatic heterocycles. The van der Waals surface area contributed by atoms with Gasteiger partial charge in [-0.3, -0.25) is 14.5 Å². The lowest BCUT2D eigenvalue weighted by Gasteiger charge is -2.35. The Morgan fingerprint density at radius 2 is 1.70 bits per heavy atom. The van der Waals surface area contributed by atoms with Crippen LogP contribution in [0, 0.1) is 11.6 Å². The van der Waals surface area contributed by atoms with Gasteiger partial charge in [0.2, 0.25) is 11.8 Å². The van der Waals surface area contributed by atoms with Gasteiger partial charge < -0.3 is 15.4 Å². The first-order valence-corrected chi connectivity index (χ1v) is 9.86. The third kappa shape index (κ3) is 6.60. The van der Waals surface area contributed by atoms with E-state index in [4.69, 9.17) is 4.74 Å². The predicted octanol–water partition coefficient (Wildman–Crippen LogP) is 1.81. The van der Waals surface area contributed by atoms with Crippen LogP contribution in [-0.4, -0.2) is 56.1 Å². The zero-order valence-corrected chi connectivity index (χ0v) is 16.6. The fourth-order valence-corrected chi connectivity index (χ4v) is 3.38. The summed E-state index contributed by atoms with van der Waals surface area (Å²) in [4.78, 5) is 26.4. The van der Waals surface area contributed by atoms with Crippen molar-refractivity contribution in [3.8, 4) is 0 Å². The Morgan fingerprint density at radius 1 is 0.967 bits per heavy atom. The van der Waals surface area contributed by atoms with Crippen LogP contribution >= 0.6 is 0 Å². The highest BCUT2D eigenvalue weighted by Gasteiger charge is 2.23. The van der Waals surface area contributed by atoms with Crippen LogP contribution in [-0.2, 0) is 20.7 Å². The van der Waals surface area contributed by atoms with Crippen molar-refractivity contribution in [2.75, 3.05) is 39.4 Å². The highest BCUT2D eigenvalue weighted by atomic mass is 19.1. The number of hydrogen-bond donors (Lipinski definition) is 2. The average molecular weight is 417 g/mol. The van der Waals surface area contributed by atoms with Crippen LogP contribution in [0.5, 0.6) is 0 Å². The molecule has 30 heavy (non-hydrogen) atoms. The lowest BCUT2D eigenvalue weighted by molar-refractivity contribution is -0.125. The average Bonchev–Trinajstić information content (AvgIpc) is 2.74. The third-order valence-corrected chi connectivity index (χ3v) is 4.93. The van der Waals surface area contributed by atoms with E-state index in [2.05, 4.69) is 15.5 Å². The number of rotatable bonds is 8. The van der Waals surface area contributed by atoms with Gasteiger partial charge in [-0.2, -0.15) is 0 Å². The summed E-state index contributed by atoms with van der Waals surface area (Å²) in [6, 6.07) is 11.9. The van der Waals surface area contributed by atoms with Crippen molar-refractivity contribution in [1.82, 2.24) is 15.5 Å². The summed E-state index contributed by atoms with van der Waals surface area (Å²) in [5.41, 5.74) is 1.44. The van der Waals surface area contributed by atoms with Crippen molar-refractivity contribution < 1.29 is 23.1 Å². The zero-order valence-electron chi connectivity index (χ0n) is 16.6. The summed E-state index contributed by atoms with van der Waals surface area (Å²) in [7, 11) is 0. The second-order valence-electron chi connectivity index (χ2n) is 7.10. The molecule has 1 aliphatic rings. The van der Waals surface area contributed by atoms with E-state index in [9.17, 15) is 18.4 Å². The quantitative estimate of drug-likeness (QED) is 0.688. The molecule has 2 N–H and O–H groups in total. The molecular weight excluding hydrogens is 392 g/mol. The smallest absolute Gasteiger partial charge is 0.239 e. The van der Waals surface area contributed by atoms with Gasteiger partial charge in [0.1, 0.15) is 11.6 Å². The summed E-state index contributed by atoms with van der Waals surface area (Å²) < 4.78 is 31.9. The van der Waals surface area contributed by atoms with Crippen molar-refractivity contribution in [3.63, 3.8) is 0 Å². The van der Waals surface area contributed by atoms with Crippen molar-refractivity contribution in [2.45, 2.75) is 12.5 Å². The molecule has 1 heterocycles. The molecule has 8 heteroatoms. The van der Waals surface area contributed by atoms with Crippen LogP contribution in [0.15, 0.2) is 48.5 Å². The molecule has 0 saturated carbocycles. The maximum absolute atomic E-state index is 13.3. The molecule has 2 aromatic carbocycles. The Hall–Kier alpha value is -2.84. The number of ether oxygens (including phenoxy) is 1. The maximum atomic E-state index is 13.3. The fraction of sp³-hybridized carbons (Fsp3) is 0.364. The Morgan fingerprint density at radius 3 is 2.40 bits per heavy atom. The Bertz CT molecular complexity index is 855. The second kappa shape index (κ2) is 10.8. The van der Waals surface area contributed by atoms with Crippen molar-refractivity contribution in [1.29, 1.82) is 0 Å². The Balaban J connectivity index is 1.51. The third-order valence-electron chi connectivity index (χ3n) is 4.93. The predicted molar refractivity (Wildman–Crippen MR) is 108 cm³/mol. The second-order valence-corrected chi connectivity index (χ2v) is 7.10. The molecule has 160 valence electrons. The van der Waals surface area contributed by atoms with E-state index in [1.807, 2.05) is 0 Å². The SMILES string of the molecule is O=C(CNC(=O)Cc1cccc(F)c1)NCC(c1ccc(F)cc1)N1CCOCC1. The molecule has 3 rings (SSSR count). The molecule has 0 aliphatic carbocycles. The first-order valence-electron chi connectivity index (χ1n) is 9.86. The van der Waals surface area contributed by atoms with E-state index in [0.29, 0.717) is 38.4 Å². The van der Waals surface area contributed by atoms with Gasteiger partial charge in [-0.25, -0.2) is 8.78 Å². The van der Waals surface area contributed by atoms with Crippen molar-refractivity contribution in [3.05, 3.63) is 71.3 Å². The van der Waals surface area contributed by atoms with Crippen LogP contribution in [0.25, 0.3) is 0 Å². The minimum atomic E-state index is -0.409. The van der Waals surface area contributed by atoms with Gasteiger partial charge in [0.05, 0.1) is 32.2 Å². The first-order chi connectivity index (χ1) is 14.5. The summed E-state index contributed by atoms with van der Waals surface area (Å²) >= 11 is 0. The van der Waals surface area contributed by atoms with Crippen LogP contribution in [0.1, 0.15) is 17.2 Å². The number of halogens is 2. The zero-order chi connectivity index (χ0) is 21.3. The minimum absolute atomic E-state index is 0.00295. The molecular formula is C22H25F2N3O3. The molecule has 0 bridgehead atoms. The Labute approximate surface area is 174 Å². The van der Waals surface area contributed by atoms with E-state index in [-0.39, 0.29) is 36.6 Å². The molecule has 0 spiro atoms. The van der Waals surface area contributed by atoms with E-state index >= 15 is 0 Å². The van der Waals surface area contributed by atoms with Gasteiger partial charge in [-0.05, 0) is 35.4 Å². The summed E-state index contributed by atoms with van der Waals surface area (Å²) in [5, 5.41) is 5.38. The van der Waals surface area contributed by atoms with Gasteiger partial charge >= 0.3 is 0 Å². The summed E-state index contributed by atoms with van der Waals surface area (Å²) in [6.07, 6.45) is -0.00295. The number of benzene rings is 2. The number of carbonyl (C=O) groups is 2. The number of amides is 2. The molecule has 0 aromatic heterocycles. The number of carbonyl (C=O) groups excluding carboxylic acids is 2. The van der Waals surface area contributed by atoms with Crippen molar-refractivity contribution in [2.24, 2.45) is 0 Å². The highest BCUT2D eigenvalue weighted by Crippen LogP contribution is 2.21. The van der Waals surface area contributed by atoms with E-state index in [1.54, 1.807) is 18.2 Å². The van der Waals surface area contributed by atoms with Gasteiger partial charge in [0.15, 0.2) is 0 Å². The van der Waals surface area contributed by atoms with E-state index < -0.39 is 5.82 Å². The first kappa shape index (κ1) is 21.9. The molecule has 0 radical (unpaired) electrons. The minimum Gasteiger partial charge on any atom is -0.379 e.